The molecule has 0 N–H and O–H groups in total. The lowest BCUT2D eigenvalue weighted by Crippen LogP contribution is -2.10. The molecule has 3 rings (SSSR count). The summed E-state index contributed by atoms with van der Waals surface area (Å²) >= 11 is 0. The predicted molar refractivity (Wildman–Crippen MR) is 88.3 cm³/mol. The molecule has 0 aliphatic rings. The minimum absolute atomic E-state index is 0.255. The molecule has 0 aliphatic carbocycles. The van der Waals surface area contributed by atoms with Crippen LogP contribution in [0.1, 0.15) is 27.3 Å². The van der Waals surface area contributed by atoms with Crippen molar-refractivity contribution in [2.45, 2.75) is 13.0 Å². The van der Waals surface area contributed by atoms with Gasteiger partial charge in [0.15, 0.2) is 0 Å². The van der Waals surface area contributed by atoms with E-state index in [2.05, 4.69) is 4.98 Å². The zero-order valence-electron chi connectivity index (χ0n) is 13.3. The molecule has 2 aromatic carbocycles. The zero-order valence-corrected chi connectivity index (χ0v) is 13.3. The SMILES string of the molecule is COC(=O)c1ccccc1Cn1ccnc1Cc1ccc(F)cc1. The summed E-state index contributed by atoms with van der Waals surface area (Å²) in [5.74, 6) is 0.237. The van der Waals surface area contributed by atoms with Gasteiger partial charge in [-0.15, -0.1) is 0 Å². The van der Waals surface area contributed by atoms with Gasteiger partial charge < -0.3 is 9.30 Å². The third-order valence-electron chi connectivity index (χ3n) is 3.84. The van der Waals surface area contributed by atoms with Crippen LogP contribution < -0.4 is 0 Å². The van der Waals surface area contributed by atoms with Crippen molar-refractivity contribution < 1.29 is 13.9 Å². The Labute approximate surface area is 139 Å². The molecule has 24 heavy (non-hydrogen) atoms. The van der Waals surface area contributed by atoms with Gasteiger partial charge in [-0.25, -0.2) is 14.2 Å². The highest BCUT2D eigenvalue weighted by Crippen LogP contribution is 2.15. The van der Waals surface area contributed by atoms with E-state index in [4.69, 9.17) is 4.74 Å². The smallest absolute Gasteiger partial charge is 0.338 e. The Morgan fingerprint density at radius 2 is 1.92 bits per heavy atom. The molecule has 5 heteroatoms. The predicted octanol–water partition coefficient (Wildman–Crippen LogP) is 3.45. The number of carbonyl (C=O) groups excluding carboxylic acids is 1. The molecule has 0 saturated heterocycles. The Hall–Kier alpha value is -2.95. The summed E-state index contributed by atoms with van der Waals surface area (Å²) in [5, 5.41) is 0. The van der Waals surface area contributed by atoms with Gasteiger partial charge in [0.2, 0.25) is 0 Å². The van der Waals surface area contributed by atoms with Crippen molar-refractivity contribution in [3.05, 3.63) is 89.3 Å². The Kier molecular flexibility index (Phi) is 4.70. The fourth-order valence-electron chi connectivity index (χ4n) is 2.59. The van der Waals surface area contributed by atoms with Crippen LogP contribution in [-0.2, 0) is 17.7 Å². The number of hydrogen-bond donors (Lipinski definition) is 0. The van der Waals surface area contributed by atoms with Crippen LogP contribution in [0.2, 0.25) is 0 Å². The van der Waals surface area contributed by atoms with Gasteiger partial charge in [0.25, 0.3) is 0 Å². The number of nitrogens with zero attached hydrogens (tertiary/aromatic N) is 2. The number of carbonyl (C=O) groups is 1. The standard InChI is InChI=1S/C19H17FN2O2/c1-24-19(23)17-5-3-2-4-15(17)13-22-11-10-21-18(22)12-14-6-8-16(20)9-7-14/h2-11H,12-13H2,1H3. The van der Waals surface area contributed by atoms with Crippen LogP contribution in [0.25, 0.3) is 0 Å². The fraction of sp³-hybridized carbons (Fsp3) is 0.158. The lowest BCUT2D eigenvalue weighted by molar-refractivity contribution is 0.0599. The van der Waals surface area contributed by atoms with E-state index in [0.717, 1.165) is 17.0 Å². The number of imidazole rings is 1. The average Bonchev–Trinajstić information content (AvgIpc) is 3.03. The van der Waals surface area contributed by atoms with Crippen molar-refractivity contribution >= 4 is 5.97 Å². The van der Waals surface area contributed by atoms with Gasteiger partial charge in [-0.1, -0.05) is 30.3 Å². The van der Waals surface area contributed by atoms with Crippen molar-refractivity contribution in [3.63, 3.8) is 0 Å². The summed E-state index contributed by atoms with van der Waals surface area (Å²) in [7, 11) is 1.37. The van der Waals surface area contributed by atoms with Crippen LogP contribution in [0.3, 0.4) is 0 Å². The zero-order chi connectivity index (χ0) is 16.9. The van der Waals surface area contributed by atoms with E-state index in [1.165, 1.54) is 19.2 Å². The Balaban J connectivity index is 1.84. The number of methoxy groups -OCH3 is 1. The first-order valence-electron chi connectivity index (χ1n) is 7.58. The van der Waals surface area contributed by atoms with Crippen LogP contribution in [0.5, 0.6) is 0 Å². The molecule has 0 radical (unpaired) electrons. The van der Waals surface area contributed by atoms with E-state index < -0.39 is 0 Å². The van der Waals surface area contributed by atoms with Crippen LogP contribution in [0, 0.1) is 5.82 Å². The second-order valence-corrected chi connectivity index (χ2v) is 5.42. The van der Waals surface area contributed by atoms with Gasteiger partial charge in [-0.3, -0.25) is 0 Å². The minimum Gasteiger partial charge on any atom is -0.465 e. The first kappa shape index (κ1) is 15.9. The minimum atomic E-state index is -0.356. The molecule has 4 nitrogen and oxygen atoms in total. The van der Waals surface area contributed by atoms with E-state index in [1.54, 1.807) is 24.4 Å². The summed E-state index contributed by atoms with van der Waals surface area (Å²) < 4.78 is 19.8. The van der Waals surface area contributed by atoms with Crippen LogP contribution in [-0.4, -0.2) is 22.6 Å². The normalized spacial score (nSPS) is 10.6. The molecule has 0 spiro atoms. The number of rotatable bonds is 5. The van der Waals surface area contributed by atoms with Crippen LogP contribution in [0.15, 0.2) is 60.9 Å². The number of hydrogen-bond acceptors (Lipinski definition) is 3. The maximum absolute atomic E-state index is 13.0. The molecule has 0 bridgehead atoms. The number of halogens is 1. The number of esters is 1. The number of aromatic nitrogens is 2. The van der Waals surface area contributed by atoms with E-state index in [9.17, 15) is 9.18 Å². The van der Waals surface area contributed by atoms with Gasteiger partial charge in [0.1, 0.15) is 11.6 Å². The van der Waals surface area contributed by atoms with E-state index in [1.807, 2.05) is 29.0 Å². The van der Waals surface area contributed by atoms with Gasteiger partial charge in [0, 0.05) is 25.4 Å². The molecule has 0 unspecified atom stereocenters. The lowest BCUT2D eigenvalue weighted by atomic mass is 10.1. The quantitative estimate of drug-likeness (QED) is 0.675. The molecular weight excluding hydrogens is 307 g/mol. The van der Waals surface area contributed by atoms with Gasteiger partial charge >= 0.3 is 5.97 Å². The topological polar surface area (TPSA) is 44.1 Å². The third kappa shape index (κ3) is 3.51. The maximum Gasteiger partial charge on any atom is 0.338 e. The van der Waals surface area contributed by atoms with Gasteiger partial charge in [-0.2, -0.15) is 0 Å². The molecule has 0 fully saturated rings. The van der Waals surface area contributed by atoms with Crippen molar-refractivity contribution in [3.8, 4) is 0 Å². The summed E-state index contributed by atoms with van der Waals surface area (Å²) in [6.45, 7) is 0.516. The third-order valence-corrected chi connectivity index (χ3v) is 3.84. The largest absolute Gasteiger partial charge is 0.465 e. The second kappa shape index (κ2) is 7.08. The fourth-order valence-corrected chi connectivity index (χ4v) is 2.59. The van der Waals surface area contributed by atoms with Gasteiger partial charge in [-0.05, 0) is 29.3 Å². The van der Waals surface area contributed by atoms with E-state index in [0.29, 0.717) is 18.5 Å². The van der Waals surface area contributed by atoms with Crippen molar-refractivity contribution in [1.82, 2.24) is 9.55 Å². The molecule has 0 atom stereocenters. The Morgan fingerprint density at radius 3 is 2.67 bits per heavy atom. The van der Waals surface area contributed by atoms with Crippen LogP contribution in [0.4, 0.5) is 4.39 Å². The van der Waals surface area contributed by atoms with E-state index >= 15 is 0 Å². The molecule has 122 valence electrons. The Morgan fingerprint density at radius 1 is 1.17 bits per heavy atom. The lowest BCUT2D eigenvalue weighted by Gasteiger charge is -2.11. The molecule has 1 heterocycles. The molecule has 0 saturated carbocycles. The molecule has 0 aliphatic heterocycles. The van der Waals surface area contributed by atoms with Crippen LogP contribution >= 0.6 is 0 Å². The number of benzene rings is 2. The summed E-state index contributed by atoms with van der Waals surface area (Å²) in [4.78, 5) is 16.3. The molecule has 1 aromatic heterocycles. The number of ether oxygens (including phenoxy) is 1. The first-order valence-corrected chi connectivity index (χ1v) is 7.58. The highest BCUT2D eigenvalue weighted by atomic mass is 19.1. The summed E-state index contributed by atoms with van der Waals surface area (Å²) in [6, 6.07) is 13.7. The van der Waals surface area contributed by atoms with Gasteiger partial charge in [0.05, 0.1) is 12.7 Å². The first-order chi connectivity index (χ1) is 11.7. The van der Waals surface area contributed by atoms with E-state index in [-0.39, 0.29) is 11.8 Å². The van der Waals surface area contributed by atoms with Crippen molar-refractivity contribution in [1.29, 1.82) is 0 Å². The maximum atomic E-state index is 13.0. The Bertz CT molecular complexity index is 841. The highest BCUT2D eigenvalue weighted by Gasteiger charge is 2.13. The summed E-state index contributed by atoms with van der Waals surface area (Å²) in [6.07, 6.45) is 4.18. The molecule has 0 amide bonds. The molecular formula is C19H17FN2O2. The highest BCUT2D eigenvalue weighted by molar-refractivity contribution is 5.90. The average molecular weight is 324 g/mol. The molecule has 3 aromatic rings. The second-order valence-electron chi connectivity index (χ2n) is 5.42. The summed E-state index contributed by atoms with van der Waals surface area (Å²) in [5.41, 5.74) is 2.38. The van der Waals surface area contributed by atoms with Crippen molar-refractivity contribution in [2.75, 3.05) is 7.11 Å². The monoisotopic (exact) mass is 324 g/mol. The van der Waals surface area contributed by atoms with Crippen molar-refractivity contribution in [2.24, 2.45) is 0 Å².